The van der Waals surface area contributed by atoms with Gasteiger partial charge in [-0.3, -0.25) is 4.79 Å². The molecule has 0 aromatic heterocycles. The van der Waals surface area contributed by atoms with Crippen LogP contribution < -0.4 is 11.1 Å². The minimum absolute atomic E-state index is 0. The van der Waals surface area contributed by atoms with Gasteiger partial charge in [-0.15, -0.1) is 12.4 Å². The summed E-state index contributed by atoms with van der Waals surface area (Å²) in [5.41, 5.74) is 8.24. The third-order valence-electron chi connectivity index (χ3n) is 5.80. The molecule has 3 aliphatic carbocycles. The van der Waals surface area contributed by atoms with Crippen LogP contribution in [0.5, 0.6) is 0 Å². The maximum absolute atomic E-state index is 12.6. The molecular formula is C19H27ClN2O2. The van der Waals surface area contributed by atoms with Crippen molar-refractivity contribution >= 4 is 24.0 Å². The van der Waals surface area contributed by atoms with Crippen molar-refractivity contribution < 1.29 is 9.53 Å². The molecule has 3 aliphatic rings. The van der Waals surface area contributed by atoms with Crippen LogP contribution >= 0.6 is 12.4 Å². The molecule has 0 heterocycles. The van der Waals surface area contributed by atoms with Gasteiger partial charge in [-0.25, -0.2) is 0 Å². The Bertz CT molecular complexity index is 588. The molecule has 132 valence electrons. The maximum atomic E-state index is 12.6. The molecule has 3 N–H and O–H groups in total. The molecule has 0 aliphatic heterocycles. The summed E-state index contributed by atoms with van der Waals surface area (Å²) in [5, 5.41) is 3.08. The summed E-state index contributed by atoms with van der Waals surface area (Å²) in [6.07, 6.45) is 6.10. The summed E-state index contributed by atoms with van der Waals surface area (Å²) in [5.74, 6) is 1.90. The number of ether oxygens (including phenoxy) is 1. The van der Waals surface area contributed by atoms with E-state index in [1.807, 2.05) is 24.3 Å². The summed E-state index contributed by atoms with van der Waals surface area (Å²) < 4.78 is 5.73. The topological polar surface area (TPSA) is 64.4 Å². The van der Waals surface area contributed by atoms with Gasteiger partial charge in [-0.1, -0.05) is 12.1 Å². The molecule has 4 rings (SSSR count). The van der Waals surface area contributed by atoms with Crippen molar-refractivity contribution in [3.8, 4) is 0 Å². The van der Waals surface area contributed by atoms with E-state index in [4.69, 9.17) is 10.5 Å². The Morgan fingerprint density at radius 1 is 1.21 bits per heavy atom. The number of rotatable bonds is 6. The highest BCUT2D eigenvalue weighted by Crippen LogP contribution is 2.47. The molecule has 4 atom stereocenters. The molecule has 24 heavy (non-hydrogen) atoms. The van der Waals surface area contributed by atoms with Crippen LogP contribution in [0.25, 0.3) is 0 Å². The van der Waals surface area contributed by atoms with Gasteiger partial charge < -0.3 is 15.8 Å². The minimum Gasteiger partial charge on any atom is -0.376 e. The fourth-order valence-electron chi connectivity index (χ4n) is 4.32. The Hall–Kier alpha value is -1.10. The van der Waals surface area contributed by atoms with E-state index in [9.17, 15) is 4.79 Å². The number of hydrogen-bond donors (Lipinski definition) is 2. The fourth-order valence-corrected chi connectivity index (χ4v) is 4.32. The lowest BCUT2D eigenvalue weighted by molar-refractivity contribution is -0.121. The molecule has 4 nitrogen and oxygen atoms in total. The molecular weight excluding hydrogens is 324 g/mol. The first-order chi connectivity index (χ1) is 11.2. The number of nitrogens with two attached hydrogens (primary N) is 1. The molecule has 4 unspecified atom stereocenters. The average molecular weight is 351 g/mol. The Kier molecular flexibility index (Phi) is 5.48. The highest BCUT2D eigenvalue weighted by atomic mass is 35.5. The lowest BCUT2D eigenvalue weighted by Crippen LogP contribution is -2.42. The van der Waals surface area contributed by atoms with Crippen LogP contribution in [-0.4, -0.2) is 18.6 Å². The second kappa shape index (κ2) is 7.42. The molecule has 1 aromatic rings. The molecule has 1 amide bonds. The zero-order chi connectivity index (χ0) is 15.8. The SMILES string of the molecule is Cl.NC1C2CCC(C2)C1C(=O)Nc1cccc(COCC2CC2)c1. The number of amides is 1. The molecule has 0 radical (unpaired) electrons. The number of carbonyl (C=O) groups excluding carboxylic acids is 1. The molecule has 5 heteroatoms. The second-order valence-corrected chi connectivity index (χ2v) is 7.58. The molecule has 0 saturated heterocycles. The number of benzene rings is 1. The minimum atomic E-state index is -0.0106. The van der Waals surface area contributed by atoms with Crippen molar-refractivity contribution in [3.05, 3.63) is 29.8 Å². The molecule has 2 bridgehead atoms. The Balaban J connectivity index is 0.00000169. The number of hydrogen-bond acceptors (Lipinski definition) is 3. The summed E-state index contributed by atoms with van der Waals surface area (Å²) in [7, 11) is 0. The van der Waals surface area contributed by atoms with E-state index >= 15 is 0 Å². The lowest BCUT2D eigenvalue weighted by Gasteiger charge is -2.27. The highest BCUT2D eigenvalue weighted by Gasteiger charge is 2.49. The van der Waals surface area contributed by atoms with Crippen molar-refractivity contribution in [2.75, 3.05) is 11.9 Å². The standard InChI is InChI=1S/C19H26N2O2.ClH/c20-18-15-7-6-14(9-15)17(18)19(22)21-16-3-1-2-13(8-16)11-23-10-12-4-5-12;/h1-3,8,12,14-15,17-18H,4-7,9-11,20H2,(H,21,22);1H. The first kappa shape index (κ1) is 17.7. The first-order valence-corrected chi connectivity index (χ1v) is 8.94. The van der Waals surface area contributed by atoms with Gasteiger partial charge in [0.1, 0.15) is 0 Å². The van der Waals surface area contributed by atoms with Crippen molar-refractivity contribution in [2.45, 2.75) is 44.8 Å². The van der Waals surface area contributed by atoms with Gasteiger partial charge in [0.2, 0.25) is 5.91 Å². The zero-order valence-corrected chi connectivity index (χ0v) is 14.8. The van der Waals surface area contributed by atoms with E-state index in [0.717, 1.165) is 36.6 Å². The summed E-state index contributed by atoms with van der Waals surface area (Å²) in [6, 6.07) is 8.03. The van der Waals surface area contributed by atoms with Crippen molar-refractivity contribution in [1.82, 2.24) is 0 Å². The van der Waals surface area contributed by atoms with Crippen LogP contribution in [-0.2, 0) is 16.1 Å². The molecule has 0 spiro atoms. The first-order valence-electron chi connectivity index (χ1n) is 8.94. The van der Waals surface area contributed by atoms with Gasteiger partial charge in [-0.05, 0) is 67.6 Å². The van der Waals surface area contributed by atoms with E-state index in [0.29, 0.717) is 18.4 Å². The monoisotopic (exact) mass is 350 g/mol. The van der Waals surface area contributed by atoms with E-state index in [1.54, 1.807) is 0 Å². The van der Waals surface area contributed by atoms with E-state index in [-0.39, 0.29) is 30.3 Å². The van der Waals surface area contributed by atoms with Crippen LogP contribution in [0.1, 0.15) is 37.7 Å². The summed E-state index contributed by atoms with van der Waals surface area (Å²) in [4.78, 5) is 12.6. The van der Waals surface area contributed by atoms with Gasteiger partial charge >= 0.3 is 0 Å². The Morgan fingerprint density at radius 3 is 2.71 bits per heavy atom. The van der Waals surface area contributed by atoms with E-state index in [2.05, 4.69) is 5.32 Å². The van der Waals surface area contributed by atoms with Crippen molar-refractivity contribution in [2.24, 2.45) is 29.4 Å². The van der Waals surface area contributed by atoms with Gasteiger partial charge in [0.05, 0.1) is 12.5 Å². The molecule has 1 aromatic carbocycles. The zero-order valence-electron chi connectivity index (χ0n) is 13.9. The lowest BCUT2D eigenvalue weighted by atomic mass is 9.84. The summed E-state index contributed by atoms with van der Waals surface area (Å²) >= 11 is 0. The second-order valence-electron chi connectivity index (χ2n) is 7.58. The van der Waals surface area contributed by atoms with Gasteiger partial charge in [0, 0.05) is 18.3 Å². The van der Waals surface area contributed by atoms with E-state index < -0.39 is 0 Å². The number of anilines is 1. The van der Waals surface area contributed by atoms with Crippen LogP contribution in [0.15, 0.2) is 24.3 Å². The van der Waals surface area contributed by atoms with Gasteiger partial charge in [0.25, 0.3) is 0 Å². The van der Waals surface area contributed by atoms with Crippen LogP contribution in [0.4, 0.5) is 5.69 Å². The molecule has 3 saturated carbocycles. The summed E-state index contributed by atoms with van der Waals surface area (Å²) in [6.45, 7) is 1.48. The smallest absolute Gasteiger partial charge is 0.229 e. The maximum Gasteiger partial charge on any atom is 0.229 e. The number of nitrogens with one attached hydrogen (secondary N) is 1. The van der Waals surface area contributed by atoms with Crippen LogP contribution in [0.2, 0.25) is 0 Å². The number of halogens is 1. The number of carbonyl (C=O) groups is 1. The predicted octanol–water partition coefficient (Wildman–Crippen LogP) is 3.35. The van der Waals surface area contributed by atoms with Gasteiger partial charge in [0.15, 0.2) is 0 Å². The highest BCUT2D eigenvalue weighted by molar-refractivity contribution is 5.93. The van der Waals surface area contributed by atoms with Crippen molar-refractivity contribution in [3.63, 3.8) is 0 Å². The number of fused-ring (bicyclic) bond motifs is 2. The van der Waals surface area contributed by atoms with Gasteiger partial charge in [-0.2, -0.15) is 0 Å². The Labute approximate surface area is 149 Å². The normalized spacial score (nSPS) is 30.9. The van der Waals surface area contributed by atoms with Crippen LogP contribution in [0.3, 0.4) is 0 Å². The van der Waals surface area contributed by atoms with Crippen LogP contribution in [0, 0.1) is 23.7 Å². The van der Waals surface area contributed by atoms with Crippen molar-refractivity contribution in [1.29, 1.82) is 0 Å². The third kappa shape index (κ3) is 3.76. The quantitative estimate of drug-likeness (QED) is 0.827. The largest absolute Gasteiger partial charge is 0.376 e. The fraction of sp³-hybridized carbons (Fsp3) is 0.632. The Morgan fingerprint density at radius 2 is 2.00 bits per heavy atom. The predicted molar refractivity (Wildman–Crippen MR) is 97.0 cm³/mol. The molecule has 3 fully saturated rings. The van der Waals surface area contributed by atoms with E-state index in [1.165, 1.54) is 19.3 Å². The third-order valence-corrected chi connectivity index (χ3v) is 5.80. The average Bonchev–Trinajstić information content (AvgIpc) is 3.14.